The maximum atomic E-state index is 12.2. The topological polar surface area (TPSA) is 95.5 Å². The molecule has 1 atom stereocenters. The minimum atomic E-state index is -0.972. The minimum absolute atomic E-state index is 0.204. The number of aromatic carboxylic acids is 1. The molecule has 1 unspecified atom stereocenters. The van der Waals surface area contributed by atoms with Crippen molar-refractivity contribution in [3.8, 4) is 0 Å². The van der Waals surface area contributed by atoms with Crippen LogP contribution in [0.3, 0.4) is 0 Å². The zero-order chi connectivity index (χ0) is 18.1. The number of carbonyl (C=O) groups is 3. The molecule has 24 heavy (non-hydrogen) atoms. The fourth-order valence-corrected chi connectivity index (χ4v) is 2.84. The molecule has 6 nitrogen and oxygen atoms in total. The normalized spacial score (nSPS) is 12.7. The average molecular weight is 348 g/mol. The number of amides is 2. The van der Waals surface area contributed by atoms with E-state index in [0.717, 1.165) is 10.1 Å². The Labute approximate surface area is 143 Å². The molecule has 1 heterocycles. The molecule has 0 aliphatic rings. The Bertz CT molecular complexity index is 805. The smallest absolute Gasteiger partial charge is 0.345 e. The summed E-state index contributed by atoms with van der Waals surface area (Å²) in [6.45, 7) is 6.94. The van der Waals surface area contributed by atoms with Gasteiger partial charge in [0.15, 0.2) is 0 Å². The number of anilines is 1. The molecule has 2 amide bonds. The van der Waals surface area contributed by atoms with Crippen molar-refractivity contribution in [1.29, 1.82) is 0 Å². The Hall–Kier alpha value is -2.41. The van der Waals surface area contributed by atoms with Crippen LogP contribution in [-0.4, -0.2) is 28.9 Å². The van der Waals surface area contributed by atoms with Gasteiger partial charge in [-0.2, -0.15) is 0 Å². The van der Waals surface area contributed by atoms with Crippen LogP contribution in [0.15, 0.2) is 24.3 Å². The zero-order valence-corrected chi connectivity index (χ0v) is 14.8. The van der Waals surface area contributed by atoms with E-state index in [0.29, 0.717) is 5.69 Å². The Kier molecular flexibility index (Phi) is 4.94. The molecule has 0 saturated carbocycles. The predicted molar refractivity (Wildman–Crippen MR) is 94.5 cm³/mol. The van der Waals surface area contributed by atoms with Gasteiger partial charge in [-0.15, -0.1) is 11.3 Å². The number of carboxylic acid groups (broad SMARTS) is 1. The summed E-state index contributed by atoms with van der Waals surface area (Å²) < 4.78 is 0.833. The first-order valence-corrected chi connectivity index (χ1v) is 8.28. The minimum Gasteiger partial charge on any atom is -0.477 e. The monoisotopic (exact) mass is 348 g/mol. The number of carboxylic acids is 1. The highest BCUT2D eigenvalue weighted by molar-refractivity contribution is 7.20. The number of hydrogen-bond donors (Lipinski definition) is 3. The lowest BCUT2D eigenvalue weighted by molar-refractivity contribution is -0.131. The van der Waals surface area contributed by atoms with Crippen LogP contribution in [-0.2, 0) is 9.59 Å². The lowest BCUT2D eigenvalue weighted by atomic mass is 9.95. The van der Waals surface area contributed by atoms with E-state index in [1.165, 1.54) is 11.3 Å². The van der Waals surface area contributed by atoms with Crippen LogP contribution >= 0.6 is 11.3 Å². The standard InChI is InChI=1S/C17H20N2O4S/c1-9(18-16(23)17(2,3)4)14(20)19-11-5-6-12-10(7-11)8-13(24-12)15(21)22/h5-9H,1-4H3,(H,18,23)(H,19,20)(H,21,22). The molecule has 7 heteroatoms. The van der Waals surface area contributed by atoms with E-state index in [1.54, 1.807) is 52.0 Å². The molecule has 128 valence electrons. The Morgan fingerprint density at radius 3 is 2.42 bits per heavy atom. The number of hydrogen-bond acceptors (Lipinski definition) is 4. The summed E-state index contributed by atoms with van der Waals surface area (Å²) in [5.74, 6) is -1.51. The second-order valence-electron chi connectivity index (χ2n) is 6.60. The van der Waals surface area contributed by atoms with Crippen molar-refractivity contribution in [2.45, 2.75) is 33.7 Å². The van der Waals surface area contributed by atoms with Crippen molar-refractivity contribution in [3.05, 3.63) is 29.1 Å². The molecule has 0 saturated heterocycles. The highest BCUT2D eigenvalue weighted by atomic mass is 32.1. The third-order valence-corrected chi connectivity index (χ3v) is 4.52. The van der Waals surface area contributed by atoms with Gasteiger partial charge in [-0.1, -0.05) is 20.8 Å². The Morgan fingerprint density at radius 2 is 1.83 bits per heavy atom. The maximum absolute atomic E-state index is 12.2. The predicted octanol–water partition coefficient (Wildman–Crippen LogP) is 3.09. The van der Waals surface area contributed by atoms with E-state index in [4.69, 9.17) is 5.11 Å². The molecule has 1 aromatic heterocycles. The number of carbonyl (C=O) groups excluding carboxylic acids is 2. The third-order valence-electron chi connectivity index (χ3n) is 3.42. The SMILES string of the molecule is CC(NC(=O)C(C)(C)C)C(=O)Nc1ccc2sc(C(=O)O)cc2c1. The Morgan fingerprint density at radius 1 is 1.17 bits per heavy atom. The van der Waals surface area contributed by atoms with E-state index < -0.39 is 17.4 Å². The number of nitrogens with one attached hydrogen (secondary N) is 2. The second-order valence-corrected chi connectivity index (χ2v) is 7.69. The molecule has 0 fully saturated rings. The maximum Gasteiger partial charge on any atom is 0.345 e. The number of fused-ring (bicyclic) bond motifs is 1. The summed E-state index contributed by atoms with van der Waals surface area (Å²) in [5.41, 5.74) is -0.0173. The van der Waals surface area contributed by atoms with Crippen molar-refractivity contribution in [2.24, 2.45) is 5.41 Å². The van der Waals surface area contributed by atoms with Gasteiger partial charge in [0.25, 0.3) is 0 Å². The van der Waals surface area contributed by atoms with Crippen LogP contribution in [0, 0.1) is 5.41 Å². The molecule has 3 N–H and O–H groups in total. The summed E-state index contributed by atoms with van der Waals surface area (Å²) >= 11 is 1.18. The molecule has 0 bridgehead atoms. The summed E-state index contributed by atoms with van der Waals surface area (Å²) in [5, 5.41) is 15.2. The van der Waals surface area contributed by atoms with Gasteiger partial charge in [0.1, 0.15) is 10.9 Å². The molecular weight excluding hydrogens is 328 g/mol. The summed E-state index contributed by atoms with van der Waals surface area (Å²) in [6, 6.07) is 6.09. The van der Waals surface area contributed by atoms with Crippen LogP contribution in [0.5, 0.6) is 0 Å². The molecule has 1 aromatic carbocycles. The fourth-order valence-electron chi connectivity index (χ4n) is 1.96. The molecule has 0 radical (unpaired) electrons. The average Bonchev–Trinajstić information content (AvgIpc) is 2.89. The van der Waals surface area contributed by atoms with E-state index in [9.17, 15) is 14.4 Å². The van der Waals surface area contributed by atoms with Gasteiger partial charge in [-0.3, -0.25) is 9.59 Å². The van der Waals surface area contributed by atoms with Gasteiger partial charge in [0.2, 0.25) is 11.8 Å². The highest BCUT2D eigenvalue weighted by Gasteiger charge is 2.25. The van der Waals surface area contributed by atoms with E-state index in [-0.39, 0.29) is 16.7 Å². The Balaban J connectivity index is 2.09. The van der Waals surface area contributed by atoms with Crippen molar-refractivity contribution in [3.63, 3.8) is 0 Å². The number of rotatable bonds is 4. The largest absolute Gasteiger partial charge is 0.477 e. The lowest BCUT2D eigenvalue weighted by Gasteiger charge is -2.21. The van der Waals surface area contributed by atoms with Crippen molar-refractivity contribution < 1.29 is 19.5 Å². The summed E-state index contributed by atoms with van der Waals surface area (Å²) in [4.78, 5) is 35.4. The van der Waals surface area contributed by atoms with Gasteiger partial charge < -0.3 is 15.7 Å². The van der Waals surface area contributed by atoms with E-state index in [1.807, 2.05) is 0 Å². The van der Waals surface area contributed by atoms with Crippen LogP contribution in [0.2, 0.25) is 0 Å². The molecule has 0 spiro atoms. The first kappa shape index (κ1) is 17.9. The highest BCUT2D eigenvalue weighted by Crippen LogP contribution is 2.28. The van der Waals surface area contributed by atoms with Gasteiger partial charge in [-0.25, -0.2) is 4.79 Å². The first-order valence-electron chi connectivity index (χ1n) is 7.46. The zero-order valence-electron chi connectivity index (χ0n) is 14.0. The number of thiophene rings is 1. The summed E-state index contributed by atoms with van der Waals surface area (Å²) in [6.07, 6.45) is 0. The van der Waals surface area contributed by atoms with E-state index in [2.05, 4.69) is 10.6 Å². The molecule has 0 aliphatic heterocycles. The lowest BCUT2D eigenvalue weighted by Crippen LogP contribution is -2.46. The third kappa shape index (κ3) is 4.11. The van der Waals surface area contributed by atoms with E-state index >= 15 is 0 Å². The molecule has 0 aliphatic carbocycles. The quantitative estimate of drug-likeness (QED) is 0.791. The first-order chi connectivity index (χ1) is 11.1. The molecular formula is C17H20N2O4S. The van der Waals surface area contributed by atoms with Gasteiger partial charge in [-0.05, 0) is 36.6 Å². The fraction of sp³-hybridized carbons (Fsp3) is 0.353. The van der Waals surface area contributed by atoms with Crippen molar-refractivity contribution in [1.82, 2.24) is 5.32 Å². The van der Waals surface area contributed by atoms with Gasteiger partial charge >= 0.3 is 5.97 Å². The van der Waals surface area contributed by atoms with Crippen LogP contribution in [0.25, 0.3) is 10.1 Å². The van der Waals surface area contributed by atoms with Crippen LogP contribution < -0.4 is 10.6 Å². The molecule has 2 rings (SSSR count). The van der Waals surface area contributed by atoms with Crippen LogP contribution in [0.4, 0.5) is 5.69 Å². The van der Waals surface area contributed by atoms with Crippen molar-refractivity contribution in [2.75, 3.05) is 5.32 Å². The van der Waals surface area contributed by atoms with Crippen molar-refractivity contribution >= 4 is 44.9 Å². The van der Waals surface area contributed by atoms with Gasteiger partial charge in [0.05, 0.1) is 0 Å². The summed E-state index contributed by atoms with van der Waals surface area (Å²) in [7, 11) is 0. The number of benzene rings is 1. The molecule has 2 aromatic rings. The van der Waals surface area contributed by atoms with Crippen LogP contribution in [0.1, 0.15) is 37.4 Å². The second kappa shape index (κ2) is 6.60. The van der Waals surface area contributed by atoms with Gasteiger partial charge in [0, 0.05) is 15.8 Å².